The quantitative estimate of drug-likeness (QED) is 0.750. The number of nitrogens with one attached hydrogen (secondary N) is 1. The Hall–Kier alpha value is -0.120. The van der Waals surface area contributed by atoms with E-state index in [0.717, 1.165) is 25.9 Å². The first-order valence-electron chi connectivity index (χ1n) is 5.88. The van der Waals surface area contributed by atoms with Crippen LogP contribution in [0.3, 0.4) is 0 Å². The molecule has 3 nitrogen and oxygen atoms in total. The Balaban J connectivity index is 2.30. The molecule has 2 unspecified atom stereocenters. The van der Waals surface area contributed by atoms with Crippen molar-refractivity contribution in [3.8, 4) is 0 Å². The molecule has 1 heterocycles. The Bertz CT molecular complexity index is 190. The summed E-state index contributed by atoms with van der Waals surface area (Å²) in [5.41, 5.74) is -0.608. The summed E-state index contributed by atoms with van der Waals surface area (Å²) in [6.07, 6.45) is 3.21. The second kappa shape index (κ2) is 4.81. The first-order chi connectivity index (χ1) is 6.79. The Morgan fingerprint density at radius 2 is 2.00 bits per heavy atom. The van der Waals surface area contributed by atoms with E-state index in [-0.39, 0.29) is 11.6 Å². The van der Waals surface area contributed by atoms with Gasteiger partial charge in [0, 0.05) is 25.1 Å². The summed E-state index contributed by atoms with van der Waals surface area (Å²) < 4.78 is 5.53. The van der Waals surface area contributed by atoms with E-state index in [2.05, 4.69) is 26.1 Å². The number of β-amino-alcohol motifs (C(OH)–C–C–N with tert-alkyl or cyclic N) is 1. The van der Waals surface area contributed by atoms with Crippen LogP contribution in [-0.2, 0) is 4.74 Å². The van der Waals surface area contributed by atoms with Crippen molar-refractivity contribution in [1.29, 1.82) is 0 Å². The minimum atomic E-state index is -0.664. The van der Waals surface area contributed by atoms with Gasteiger partial charge in [0.1, 0.15) is 0 Å². The van der Waals surface area contributed by atoms with E-state index >= 15 is 0 Å². The normalized spacial score (nSPS) is 26.6. The van der Waals surface area contributed by atoms with Gasteiger partial charge < -0.3 is 15.2 Å². The molecule has 1 saturated heterocycles. The highest BCUT2D eigenvalue weighted by Gasteiger charge is 2.29. The van der Waals surface area contributed by atoms with Crippen molar-refractivity contribution in [1.82, 2.24) is 5.32 Å². The average molecular weight is 215 g/mol. The van der Waals surface area contributed by atoms with Gasteiger partial charge in [-0.2, -0.15) is 0 Å². The lowest BCUT2D eigenvalue weighted by atomic mass is 9.95. The zero-order valence-electron chi connectivity index (χ0n) is 10.5. The molecule has 0 aromatic heterocycles. The van der Waals surface area contributed by atoms with E-state index in [9.17, 15) is 5.11 Å². The van der Waals surface area contributed by atoms with Crippen LogP contribution >= 0.6 is 0 Å². The fraction of sp³-hybridized carbons (Fsp3) is 1.00. The van der Waals surface area contributed by atoms with E-state index in [1.54, 1.807) is 0 Å². The summed E-state index contributed by atoms with van der Waals surface area (Å²) in [5, 5.41) is 13.5. The molecule has 0 aromatic carbocycles. The van der Waals surface area contributed by atoms with Gasteiger partial charge in [-0.1, -0.05) is 0 Å². The van der Waals surface area contributed by atoms with Crippen molar-refractivity contribution in [2.45, 2.75) is 64.2 Å². The first-order valence-corrected chi connectivity index (χ1v) is 5.88. The molecular formula is C12H25NO2. The number of aliphatic hydroxyl groups is 1. The Kier molecular flexibility index (Phi) is 4.15. The number of hydrogen-bond acceptors (Lipinski definition) is 3. The molecule has 0 amide bonds. The molecule has 1 aliphatic heterocycles. The van der Waals surface area contributed by atoms with Gasteiger partial charge in [-0.3, -0.25) is 0 Å². The van der Waals surface area contributed by atoms with Crippen molar-refractivity contribution in [2.24, 2.45) is 0 Å². The maximum atomic E-state index is 10.2. The summed E-state index contributed by atoms with van der Waals surface area (Å²) in [7, 11) is 0. The lowest BCUT2D eigenvalue weighted by Gasteiger charge is -2.31. The SMILES string of the molecule is CC(O)(CNC(C)(C)C)CC1CCCO1. The van der Waals surface area contributed by atoms with E-state index in [1.807, 2.05) is 6.92 Å². The van der Waals surface area contributed by atoms with Gasteiger partial charge in [-0.15, -0.1) is 0 Å². The monoisotopic (exact) mass is 215 g/mol. The molecule has 1 aliphatic rings. The van der Waals surface area contributed by atoms with Gasteiger partial charge in [-0.25, -0.2) is 0 Å². The molecule has 0 bridgehead atoms. The maximum Gasteiger partial charge on any atom is 0.0768 e. The lowest BCUT2D eigenvalue weighted by molar-refractivity contribution is -0.00922. The summed E-state index contributed by atoms with van der Waals surface area (Å²) >= 11 is 0. The largest absolute Gasteiger partial charge is 0.389 e. The van der Waals surface area contributed by atoms with E-state index < -0.39 is 5.60 Å². The van der Waals surface area contributed by atoms with E-state index in [1.165, 1.54) is 0 Å². The van der Waals surface area contributed by atoms with E-state index in [4.69, 9.17) is 4.74 Å². The molecule has 90 valence electrons. The summed E-state index contributed by atoms with van der Waals surface area (Å²) in [5.74, 6) is 0. The van der Waals surface area contributed by atoms with Gasteiger partial charge in [0.15, 0.2) is 0 Å². The minimum Gasteiger partial charge on any atom is -0.389 e. The predicted molar refractivity (Wildman–Crippen MR) is 62.0 cm³/mol. The molecule has 0 spiro atoms. The highest BCUT2D eigenvalue weighted by molar-refractivity contribution is 4.84. The Morgan fingerprint density at radius 1 is 1.33 bits per heavy atom. The molecule has 2 N–H and O–H groups in total. The topological polar surface area (TPSA) is 41.5 Å². The summed E-state index contributed by atoms with van der Waals surface area (Å²) in [4.78, 5) is 0. The van der Waals surface area contributed by atoms with Crippen molar-refractivity contribution in [2.75, 3.05) is 13.2 Å². The zero-order chi connectivity index (χ0) is 11.5. The van der Waals surface area contributed by atoms with E-state index in [0.29, 0.717) is 6.54 Å². The van der Waals surface area contributed by atoms with Crippen molar-refractivity contribution < 1.29 is 9.84 Å². The zero-order valence-corrected chi connectivity index (χ0v) is 10.5. The number of rotatable bonds is 4. The third-order valence-electron chi connectivity index (χ3n) is 2.69. The van der Waals surface area contributed by atoms with Crippen LogP contribution in [0.15, 0.2) is 0 Å². The van der Waals surface area contributed by atoms with Crippen LogP contribution in [0.4, 0.5) is 0 Å². The minimum absolute atomic E-state index is 0.0561. The molecule has 3 heteroatoms. The molecule has 0 aliphatic carbocycles. The molecule has 15 heavy (non-hydrogen) atoms. The molecule has 1 fully saturated rings. The second-order valence-electron chi connectivity index (χ2n) is 5.94. The van der Waals surface area contributed by atoms with Crippen LogP contribution in [0.25, 0.3) is 0 Å². The third-order valence-corrected chi connectivity index (χ3v) is 2.69. The molecule has 1 rings (SSSR count). The van der Waals surface area contributed by atoms with Crippen LogP contribution in [0.1, 0.15) is 47.0 Å². The van der Waals surface area contributed by atoms with Gasteiger partial charge in [0.2, 0.25) is 0 Å². The van der Waals surface area contributed by atoms with Crippen LogP contribution in [0.5, 0.6) is 0 Å². The highest BCUT2D eigenvalue weighted by Crippen LogP contribution is 2.22. The highest BCUT2D eigenvalue weighted by atomic mass is 16.5. The van der Waals surface area contributed by atoms with Crippen LogP contribution < -0.4 is 5.32 Å². The van der Waals surface area contributed by atoms with Crippen molar-refractivity contribution >= 4 is 0 Å². The number of hydrogen-bond donors (Lipinski definition) is 2. The maximum absolute atomic E-state index is 10.2. The predicted octanol–water partition coefficient (Wildman–Crippen LogP) is 1.69. The molecule has 0 radical (unpaired) electrons. The lowest BCUT2D eigenvalue weighted by Crippen LogP contribution is -2.47. The van der Waals surface area contributed by atoms with Crippen LogP contribution in [0, 0.1) is 0 Å². The fourth-order valence-electron chi connectivity index (χ4n) is 1.82. The number of ether oxygens (including phenoxy) is 1. The van der Waals surface area contributed by atoms with Crippen molar-refractivity contribution in [3.63, 3.8) is 0 Å². The molecular weight excluding hydrogens is 190 g/mol. The Labute approximate surface area is 93.2 Å². The van der Waals surface area contributed by atoms with Gasteiger partial charge >= 0.3 is 0 Å². The summed E-state index contributed by atoms with van der Waals surface area (Å²) in [6.45, 7) is 9.68. The fourth-order valence-corrected chi connectivity index (χ4v) is 1.82. The molecule has 2 atom stereocenters. The van der Waals surface area contributed by atoms with Gasteiger partial charge in [0.05, 0.1) is 11.7 Å². The third kappa shape index (κ3) is 5.50. The van der Waals surface area contributed by atoms with Crippen LogP contribution in [-0.4, -0.2) is 35.5 Å². The average Bonchev–Trinajstić information content (AvgIpc) is 2.52. The second-order valence-corrected chi connectivity index (χ2v) is 5.94. The molecule has 0 aromatic rings. The van der Waals surface area contributed by atoms with Gasteiger partial charge in [-0.05, 0) is 40.5 Å². The standard InChI is InChI=1S/C12H25NO2/c1-11(2,3)13-9-12(4,14)8-10-6-5-7-15-10/h10,13-14H,5-9H2,1-4H3. The van der Waals surface area contributed by atoms with Crippen LogP contribution in [0.2, 0.25) is 0 Å². The summed E-state index contributed by atoms with van der Waals surface area (Å²) in [6, 6.07) is 0. The Morgan fingerprint density at radius 3 is 2.47 bits per heavy atom. The smallest absolute Gasteiger partial charge is 0.0768 e. The first kappa shape index (κ1) is 12.9. The molecule has 0 saturated carbocycles. The van der Waals surface area contributed by atoms with Gasteiger partial charge in [0.25, 0.3) is 0 Å². The van der Waals surface area contributed by atoms with Crippen molar-refractivity contribution in [3.05, 3.63) is 0 Å².